The molecular formula is C12H14N5NaO10S2. The van der Waals surface area contributed by atoms with Crippen LogP contribution in [-0.4, -0.2) is 112 Å². The first-order chi connectivity index (χ1) is 13.5. The van der Waals surface area contributed by atoms with Gasteiger partial charge in [0.15, 0.2) is 16.9 Å². The SMILES string of the molecule is COC(=O)C1C(NC(=O)/C(=N\OCC(=O)O)c2csc(N)n2)C(=O)N1S(=O)(=O)O.[NaH]. The fourth-order valence-electron chi connectivity index (χ4n) is 2.18. The van der Waals surface area contributed by atoms with Crippen molar-refractivity contribution in [1.29, 1.82) is 0 Å². The Hall–Kier alpha value is -2.31. The Morgan fingerprint density at radius 3 is 2.53 bits per heavy atom. The molecule has 2 heterocycles. The number of methoxy groups -OCH3 is 1. The normalized spacial score (nSPS) is 18.7. The third-order valence-electron chi connectivity index (χ3n) is 3.35. The van der Waals surface area contributed by atoms with Crippen LogP contribution in [0.4, 0.5) is 5.13 Å². The zero-order valence-electron chi connectivity index (χ0n) is 14.3. The van der Waals surface area contributed by atoms with Crippen LogP contribution in [0, 0.1) is 0 Å². The number of esters is 1. The molecule has 2 atom stereocenters. The zero-order valence-corrected chi connectivity index (χ0v) is 16.0. The van der Waals surface area contributed by atoms with Crippen LogP contribution < -0.4 is 11.1 Å². The first-order valence-electron chi connectivity index (χ1n) is 7.29. The summed E-state index contributed by atoms with van der Waals surface area (Å²) in [5.41, 5.74) is 4.74. The number of aromatic nitrogens is 1. The Labute approximate surface area is 194 Å². The van der Waals surface area contributed by atoms with Crippen molar-refractivity contribution in [2.75, 3.05) is 19.5 Å². The van der Waals surface area contributed by atoms with Gasteiger partial charge in [0.05, 0.1) is 7.11 Å². The Morgan fingerprint density at radius 1 is 1.43 bits per heavy atom. The number of rotatable bonds is 8. The number of carbonyl (C=O) groups is 4. The number of carboxylic acids is 1. The molecule has 1 saturated heterocycles. The van der Waals surface area contributed by atoms with Gasteiger partial charge in [0, 0.05) is 5.38 Å². The van der Waals surface area contributed by atoms with Crippen molar-refractivity contribution >= 4 is 85.8 Å². The van der Waals surface area contributed by atoms with Gasteiger partial charge in [-0.25, -0.2) is 14.6 Å². The number of nitrogens with two attached hydrogens (primary N) is 1. The molecule has 1 fully saturated rings. The van der Waals surface area contributed by atoms with E-state index in [0.29, 0.717) is 0 Å². The Morgan fingerprint density at radius 2 is 2.07 bits per heavy atom. The predicted molar refractivity (Wildman–Crippen MR) is 99.9 cm³/mol. The van der Waals surface area contributed by atoms with Gasteiger partial charge in [-0.15, -0.1) is 11.3 Å². The van der Waals surface area contributed by atoms with E-state index >= 15 is 0 Å². The summed E-state index contributed by atoms with van der Waals surface area (Å²) in [7, 11) is -4.20. The average Bonchev–Trinajstić information content (AvgIpc) is 3.04. The summed E-state index contributed by atoms with van der Waals surface area (Å²) in [6.07, 6.45) is 0. The van der Waals surface area contributed by atoms with Crippen LogP contribution in [0.3, 0.4) is 0 Å². The van der Waals surface area contributed by atoms with Crippen LogP contribution in [0.2, 0.25) is 0 Å². The van der Waals surface area contributed by atoms with Gasteiger partial charge in [0.1, 0.15) is 11.7 Å². The van der Waals surface area contributed by atoms with Crippen LogP contribution in [0.25, 0.3) is 0 Å². The number of hydrogen-bond donors (Lipinski definition) is 4. The van der Waals surface area contributed by atoms with Gasteiger partial charge >= 0.3 is 51.8 Å². The van der Waals surface area contributed by atoms with Gasteiger partial charge in [-0.2, -0.15) is 12.7 Å². The van der Waals surface area contributed by atoms with E-state index in [0.717, 1.165) is 18.4 Å². The molecule has 0 aromatic carbocycles. The molecule has 0 bridgehead atoms. The number of ether oxygens (including phenoxy) is 1. The maximum atomic E-state index is 12.5. The number of nitrogens with one attached hydrogen (secondary N) is 1. The second-order valence-corrected chi connectivity index (χ2v) is 7.39. The van der Waals surface area contributed by atoms with E-state index in [1.54, 1.807) is 0 Å². The van der Waals surface area contributed by atoms with Gasteiger partial charge in [-0.3, -0.25) is 14.1 Å². The van der Waals surface area contributed by atoms with E-state index in [1.165, 1.54) is 5.38 Å². The molecule has 0 spiro atoms. The molecule has 2 rings (SSSR count). The molecule has 0 aliphatic carbocycles. The predicted octanol–water partition coefficient (Wildman–Crippen LogP) is -3.45. The molecule has 30 heavy (non-hydrogen) atoms. The Balaban J connectivity index is 0.00000450. The molecule has 15 nitrogen and oxygen atoms in total. The van der Waals surface area contributed by atoms with Crippen molar-refractivity contribution in [1.82, 2.24) is 14.6 Å². The molecule has 1 aromatic rings. The number of hydrogen-bond acceptors (Lipinski definition) is 12. The summed E-state index contributed by atoms with van der Waals surface area (Å²) in [6, 6.07) is -3.59. The number of β-lactam (4-membered cyclic amide) rings is 1. The fraction of sp³-hybridized carbons (Fsp3) is 0.333. The number of anilines is 1. The summed E-state index contributed by atoms with van der Waals surface area (Å²) >= 11 is 0.914. The van der Waals surface area contributed by atoms with Gasteiger partial charge < -0.3 is 25.7 Å². The van der Waals surface area contributed by atoms with Crippen molar-refractivity contribution in [2.45, 2.75) is 12.1 Å². The van der Waals surface area contributed by atoms with Crippen LogP contribution in [0.1, 0.15) is 5.69 Å². The fourth-order valence-corrected chi connectivity index (χ4v) is 3.56. The summed E-state index contributed by atoms with van der Waals surface area (Å²) in [5.74, 6) is -5.11. The van der Waals surface area contributed by atoms with E-state index < -0.39 is 58.5 Å². The van der Waals surface area contributed by atoms with Crippen LogP contribution >= 0.6 is 11.3 Å². The summed E-state index contributed by atoms with van der Waals surface area (Å²) in [5, 5.41) is 15.3. The molecule has 5 N–H and O–H groups in total. The second-order valence-electron chi connectivity index (χ2n) is 5.21. The standard InChI is InChI=1S/C12H13N5O10S2.Na.H/c1-26-11(22)8-7(10(21)17(8)29(23,24)25)15-9(20)6(16-27-2-5(18)19)4-3-28-12(13)14-4;;/h3,7-8H,2H2,1H3,(H2,13,14)(H,15,20)(H,18,19)(H,23,24,25);;/b16-6-;;. The molecule has 2 amide bonds. The van der Waals surface area contributed by atoms with E-state index in [9.17, 15) is 27.6 Å². The summed E-state index contributed by atoms with van der Waals surface area (Å²) in [6.45, 7) is -0.903. The molecule has 1 aliphatic heterocycles. The average molecular weight is 475 g/mol. The maximum absolute atomic E-state index is 12.5. The number of carbonyl (C=O) groups excluding carboxylic acids is 3. The zero-order chi connectivity index (χ0) is 21.9. The second kappa shape index (κ2) is 10.1. The van der Waals surface area contributed by atoms with Crippen molar-refractivity contribution in [3.05, 3.63) is 11.1 Å². The van der Waals surface area contributed by atoms with Crippen LogP contribution in [0.5, 0.6) is 0 Å². The molecule has 0 saturated carbocycles. The number of aliphatic carboxylic acids is 1. The first-order valence-corrected chi connectivity index (χ1v) is 9.57. The van der Waals surface area contributed by atoms with Crippen LogP contribution in [-0.2, 0) is 39.1 Å². The van der Waals surface area contributed by atoms with Gasteiger partial charge in [0.2, 0.25) is 6.61 Å². The monoisotopic (exact) mass is 475 g/mol. The number of amides is 2. The number of nitrogens with zero attached hydrogens (tertiary/aromatic N) is 3. The van der Waals surface area contributed by atoms with Crippen LogP contribution in [0.15, 0.2) is 10.5 Å². The molecular weight excluding hydrogens is 461 g/mol. The Kier molecular flexibility index (Phi) is 8.69. The van der Waals surface area contributed by atoms with Crippen molar-refractivity contribution in [3.8, 4) is 0 Å². The van der Waals surface area contributed by atoms with E-state index in [4.69, 9.17) is 15.4 Å². The van der Waals surface area contributed by atoms with Gasteiger partial charge in [0.25, 0.3) is 11.8 Å². The van der Waals surface area contributed by atoms with E-state index in [2.05, 4.69) is 19.7 Å². The van der Waals surface area contributed by atoms with E-state index in [1.807, 2.05) is 5.32 Å². The third-order valence-corrected chi connectivity index (χ3v) is 4.93. The Bertz CT molecular complexity index is 993. The first kappa shape index (κ1) is 25.7. The third kappa shape index (κ3) is 5.64. The molecule has 2 unspecified atom stereocenters. The van der Waals surface area contributed by atoms with Gasteiger partial charge in [-0.05, 0) is 0 Å². The molecule has 18 heteroatoms. The van der Waals surface area contributed by atoms with Crippen molar-refractivity contribution < 1.29 is 46.8 Å². The number of oxime groups is 1. The topological polar surface area (TPSA) is 228 Å². The van der Waals surface area contributed by atoms with E-state index in [-0.39, 0.29) is 44.7 Å². The summed E-state index contributed by atoms with van der Waals surface area (Å²) < 4.78 is 35.8. The number of thiazole rings is 1. The quantitative estimate of drug-likeness (QED) is 0.0718. The molecule has 160 valence electrons. The molecule has 1 aliphatic rings. The van der Waals surface area contributed by atoms with Gasteiger partial charge in [-0.1, -0.05) is 5.16 Å². The summed E-state index contributed by atoms with van der Waals surface area (Å²) in [4.78, 5) is 55.1. The number of nitrogen functional groups attached to an aromatic ring is 1. The minimum absolute atomic E-state index is 0. The molecule has 1 aromatic heterocycles. The molecule has 0 radical (unpaired) electrons. The van der Waals surface area contributed by atoms with Crippen molar-refractivity contribution in [3.63, 3.8) is 0 Å². The minimum atomic E-state index is -5.10. The van der Waals surface area contributed by atoms with Crippen molar-refractivity contribution in [2.24, 2.45) is 5.16 Å². The number of carboxylic acid groups (broad SMARTS) is 1.